The van der Waals surface area contributed by atoms with Gasteiger partial charge < -0.3 is 5.32 Å². The quantitative estimate of drug-likeness (QED) is 0.852. The number of aromatic nitrogens is 2. The molecule has 1 N–H and O–H groups in total. The Kier molecular flexibility index (Phi) is 3.75. The summed E-state index contributed by atoms with van der Waals surface area (Å²) >= 11 is 0. The molecule has 0 fully saturated rings. The molecular formula is C14H15N3O2. The minimum Gasteiger partial charge on any atom is -0.324 e. The second-order valence-corrected chi connectivity index (χ2v) is 4.31. The molecule has 1 aromatic carbocycles. The SMILES string of the molecule is CC(=O)c1ccc(NC(=O)Cn2nccc2C)cc1. The number of Topliss-reactive ketones (excluding diaryl/α,β-unsaturated/α-hetero) is 1. The van der Waals surface area contributed by atoms with Crippen LogP contribution in [0.1, 0.15) is 23.0 Å². The molecule has 0 bridgehead atoms. The summed E-state index contributed by atoms with van der Waals surface area (Å²) in [4.78, 5) is 22.9. The molecule has 5 nitrogen and oxygen atoms in total. The highest BCUT2D eigenvalue weighted by Gasteiger charge is 2.06. The van der Waals surface area contributed by atoms with Crippen molar-refractivity contribution in [3.05, 3.63) is 47.8 Å². The number of nitrogens with one attached hydrogen (secondary N) is 1. The summed E-state index contributed by atoms with van der Waals surface area (Å²) in [6, 6.07) is 8.65. The highest BCUT2D eigenvalue weighted by molar-refractivity contribution is 5.95. The number of hydrogen-bond donors (Lipinski definition) is 1. The average molecular weight is 257 g/mol. The van der Waals surface area contributed by atoms with Crippen LogP contribution in [-0.2, 0) is 11.3 Å². The van der Waals surface area contributed by atoms with Gasteiger partial charge in [0.25, 0.3) is 0 Å². The third-order valence-corrected chi connectivity index (χ3v) is 2.80. The largest absolute Gasteiger partial charge is 0.324 e. The van der Waals surface area contributed by atoms with Gasteiger partial charge in [0.1, 0.15) is 6.54 Å². The van der Waals surface area contributed by atoms with Gasteiger partial charge in [-0.05, 0) is 44.2 Å². The second-order valence-electron chi connectivity index (χ2n) is 4.31. The predicted molar refractivity (Wildman–Crippen MR) is 72.0 cm³/mol. The van der Waals surface area contributed by atoms with Crippen molar-refractivity contribution in [2.75, 3.05) is 5.32 Å². The van der Waals surface area contributed by atoms with E-state index in [-0.39, 0.29) is 18.2 Å². The van der Waals surface area contributed by atoms with Crippen LogP contribution < -0.4 is 5.32 Å². The average Bonchev–Trinajstić information content (AvgIpc) is 2.75. The molecule has 0 atom stereocenters. The van der Waals surface area contributed by atoms with Crippen molar-refractivity contribution >= 4 is 17.4 Å². The van der Waals surface area contributed by atoms with Crippen molar-refractivity contribution < 1.29 is 9.59 Å². The summed E-state index contributed by atoms with van der Waals surface area (Å²) in [6.07, 6.45) is 1.66. The van der Waals surface area contributed by atoms with E-state index in [4.69, 9.17) is 0 Å². The zero-order chi connectivity index (χ0) is 13.8. The molecule has 0 saturated heterocycles. The summed E-state index contributed by atoms with van der Waals surface area (Å²) in [6.45, 7) is 3.57. The monoisotopic (exact) mass is 257 g/mol. The number of benzene rings is 1. The van der Waals surface area contributed by atoms with E-state index in [9.17, 15) is 9.59 Å². The van der Waals surface area contributed by atoms with Gasteiger partial charge in [0.05, 0.1) is 0 Å². The lowest BCUT2D eigenvalue weighted by Crippen LogP contribution is -2.20. The maximum absolute atomic E-state index is 11.8. The molecule has 1 heterocycles. The Balaban J connectivity index is 1.99. The van der Waals surface area contributed by atoms with Crippen LogP contribution in [0.2, 0.25) is 0 Å². The first kappa shape index (κ1) is 13.0. The zero-order valence-electron chi connectivity index (χ0n) is 10.9. The Labute approximate surface area is 111 Å². The zero-order valence-corrected chi connectivity index (χ0v) is 10.9. The topological polar surface area (TPSA) is 64.0 Å². The van der Waals surface area contributed by atoms with Gasteiger partial charge in [-0.15, -0.1) is 0 Å². The summed E-state index contributed by atoms with van der Waals surface area (Å²) in [7, 11) is 0. The lowest BCUT2D eigenvalue weighted by Gasteiger charge is -2.07. The maximum atomic E-state index is 11.8. The molecule has 98 valence electrons. The molecule has 0 aliphatic rings. The highest BCUT2D eigenvalue weighted by Crippen LogP contribution is 2.10. The van der Waals surface area contributed by atoms with E-state index in [1.807, 2.05) is 13.0 Å². The minimum atomic E-state index is -0.151. The van der Waals surface area contributed by atoms with E-state index in [2.05, 4.69) is 10.4 Å². The number of amides is 1. The van der Waals surface area contributed by atoms with Crippen molar-refractivity contribution in [1.29, 1.82) is 0 Å². The smallest absolute Gasteiger partial charge is 0.246 e. The summed E-state index contributed by atoms with van der Waals surface area (Å²) in [5, 5.41) is 6.81. The number of carbonyl (C=O) groups excluding carboxylic acids is 2. The molecule has 0 spiro atoms. The fourth-order valence-electron chi connectivity index (χ4n) is 1.69. The van der Waals surface area contributed by atoms with Gasteiger partial charge in [-0.3, -0.25) is 14.3 Å². The Bertz CT molecular complexity index is 599. The van der Waals surface area contributed by atoms with E-state index >= 15 is 0 Å². The van der Waals surface area contributed by atoms with Gasteiger partial charge in [-0.1, -0.05) is 0 Å². The Morgan fingerprint density at radius 3 is 2.42 bits per heavy atom. The molecule has 0 aliphatic heterocycles. The Morgan fingerprint density at radius 2 is 1.89 bits per heavy atom. The van der Waals surface area contributed by atoms with Gasteiger partial charge in [0.2, 0.25) is 5.91 Å². The molecule has 1 amide bonds. The van der Waals surface area contributed by atoms with Crippen LogP contribution in [0.5, 0.6) is 0 Å². The number of rotatable bonds is 4. The molecular weight excluding hydrogens is 242 g/mol. The van der Waals surface area contributed by atoms with Gasteiger partial charge in [0.15, 0.2) is 5.78 Å². The highest BCUT2D eigenvalue weighted by atomic mass is 16.2. The van der Waals surface area contributed by atoms with Crippen molar-refractivity contribution in [3.8, 4) is 0 Å². The van der Waals surface area contributed by atoms with Crippen molar-refractivity contribution in [2.24, 2.45) is 0 Å². The van der Waals surface area contributed by atoms with Crippen LogP contribution in [0.15, 0.2) is 36.5 Å². The number of aryl methyl sites for hydroxylation is 1. The third kappa shape index (κ3) is 3.28. The van der Waals surface area contributed by atoms with Gasteiger partial charge >= 0.3 is 0 Å². The molecule has 1 aromatic heterocycles. The van der Waals surface area contributed by atoms with Crippen LogP contribution in [0.25, 0.3) is 0 Å². The van der Waals surface area contributed by atoms with Crippen molar-refractivity contribution in [1.82, 2.24) is 9.78 Å². The molecule has 19 heavy (non-hydrogen) atoms. The first-order valence-corrected chi connectivity index (χ1v) is 5.95. The lowest BCUT2D eigenvalue weighted by atomic mass is 10.1. The number of carbonyl (C=O) groups is 2. The van der Waals surface area contributed by atoms with Crippen LogP contribution >= 0.6 is 0 Å². The third-order valence-electron chi connectivity index (χ3n) is 2.80. The van der Waals surface area contributed by atoms with E-state index in [0.717, 1.165) is 5.69 Å². The van der Waals surface area contributed by atoms with E-state index in [1.165, 1.54) is 6.92 Å². The molecule has 0 aliphatic carbocycles. The number of hydrogen-bond acceptors (Lipinski definition) is 3. The second kappa shape index (κ2) is 5.48. The van der Waals surface area contributed by atoms with Crippen LogP contribution in [0.4, 0.5) is 5.69 Å². The van der Waals surface area contributed by atoms with E-state index in [1.54, 1.807) is 35.1 Å². The number of ketones is 1. The molecule has 5 heteroatoms. The normalized spacial score (nSPS) is 10.2. The standard InChI is InChI=1S/C14H15N3O2/c1-10-7-8-15-17(10)9-14(19)16-13-5-3-12(4-6-13)11(2)18/h3-8H,9H2,1-2H3,(H,16,19). The van der Waals surface area contributed by atoms with Gasteiger partial charge in [0, 0.05) is 23.1 Å². The van der Waals surface area contributed by atoms with Gasteiger partial charge in [-0.25, -0.2) is 0 Å². The van der Waals surface area contributed by atoms with Crippen molar-refractivity contribution in [3.63, 3.8) is 0 Å². The van der Waals surface area contributed by atoms with Crippen LogP contribution in [0, 0.1) is 6.92 Å². The first-order valence-electron chi connectivity index (χ1n) is 5.95. The predicted octanol–water partition coefficient (Wildman–Crippen LogP) is 2.03. The van der Waals surface area contributed by atoms with E-state index < -0.39 is 0 Å². The lowest BCUT2D eigenvalue weighted by molar-refractivity contribution is -0.116. The molecule has 0 saturated carbocycles. The molecule has 0 unspecified atom stereocenters. The van der Waals surface area contributed by atoms with Crippen LogP contribution in [-0.4, -0.2) is 21.5 Å². The fraction of sp³-hybridized carbons (Fsp3) is 0.214. The summed E-state index contributed by atoms with van der Waals surface area (Å²) in [5.74, 6) is -0.146. The van der Waals surface area contributed by atoms with Crippen molar-refractivity contribution in [2.45, 2.75) is 20.4 Å². The molecule has 2 rings (SSSR count). The van der Waals surface area contributed by atoms with Crippen LogP contribution in [0.3, 0.4) is 0 Å². The number of nitrogens with zero attached hydrogens (tertiary/aromatic N) is 2. The minimum absolute atomic E-state index is 0.00467. The van der Waals surface area contributed by atoms with E-state index in [0.29, 0.717) is 11.3 Å². The fourth-order valence-corrected chi connectivity index (χ4v) is 1.69. The molecule has 0 radical (unpaired) electrons. The first-order chi connectivity index (χ1) is 9.06. The Morgan fingerprint density at radius 1 is 1.21 bits per heavy atom. The molecule has 2 aromatic rings. The maximum Gasteiger partial charge on any atom is 0.246 e. The number of anilines is 1. The summed E-state index contributed by atoms with van der Waals surface area (Å²) < 4.78 is 1.62. The van der Waals surface area contributed by atoms with Gasteiger partial charge in [-0.2, -0.15) is 5.10 Å². The summed E-state index contributed by atoms with van der Waals surface area (Å²) in [5.41, 5.74) is 2.22. The Hall–Kier alpha value is -2.43.